The minimum Gasteiger partial charge on any atom is -0.304 e. The topological polar surface area (TPSA) is 20.3 Å². The zero-order valence-corrected chi connectivity index (χ0v) is 10.6. The lowest BCUT2D eigenvalue weighted by Gasteiger charge is -2.31. The first-order valence-corrected chi connectivity index (χ1v) is 6.21. The fourth-order valence-corrected chi connectivity index (χ4v) is 2.37. The van der Waals surface area contributed by atoms with Gasteiger partial charge in [-0.05, 0) is 59.4 Å². The molecule has 2 heteroatoms. The summed E-state index contributed by atoms with van der Waals surface area (Å²) in [6, 6.07) is 0.635. The second-order valence-electron chi connectivity index (χ2n) is 5.36. The van der Waals surface area contributed by atoms with Crippen molar-refractivity contribution in [2.24, 2.45) is 11.8 Å². The number of ketones is 1. The van der Waals surface area contributed by atoms with Crippen LogP contribution >= 0.6 is 0 Å². The Morgan fingerprint density at radius 3 is 2.20 bits per heavy atom. The quantitative estimate of drug-likeness (QED) is 0.712. The highest BCUT2D eigenvalue weighted by Gasteiger charge is 2.24. The minimum absolute atomic E-state index is 0.366. The highest BCUT2D eigenvalue weighted by molar-refractivity contribution is 5.78. The van der Waals surface area contributed by atoms with Gasteiger partial charge in [0.2, 0.25) is 0 Å². The van der Waals surface area contributed by atoms with Crippen LogP contribution in [0.15, 0.2) is 0 Å². The highest BCUT2D eigenvalue weighted by Crippen LogP contribution is 2.29. The Morgan fingerprint density at radius 1 is 1.27 bits per heavy atom. The molecule has 15 heavy (non-hydrogen) atoms. The van der Waals surface area contributed by atoms with Gasteiger partial charge in [-0.2, -0.15) is 0 Å². The molecule has 0 bridgehead atoms. The fraction of sp³-hybridized carbons (Fsp3) is 0.923. The van der Waals surface area contributed by atoms with Gasteiger partial charge in [-0.15, -0.1) is 0 Å². The zero-order valence-electron chi connectivity index (χ0n) is 10.6. The lowest BCUT2D eigenvalue weighted by molar-refractivity contribution is -0.121. The molecule has 2 nitrogen and oxygen atoms in total. The predicted molar refractivity (Wildman–Crippen MR) is 63.9 cm³/mol. The van der Waals surface area contributed by atoms with Crippen molar-refractivity contribution in [1.82, 2.24) is 4.90 Å². The van der Waals surface area contributed by atoms with E-state index in [0.717, 1.165) is 18.8 Å². The lowest BCUT2D eigenvalue weighted by Crippen LogP contribution is -2.33. The van der Waals surface area contributed by atoms with Crippen LogP contribution in [0.25, 0.3) is 0 Å². The summed E-state index contributed by atoms with van der Waals surface area (Å²) in [5, 5.41) is 0. The van der Waals surface area contributed by atoms with Crippen molar-refractivity contribution in [2.75, 3.05) is 13.6 Å². The predicted octanol–water partition coefficient (Wildman–Crippen LogP) is 2.72. The summed E-state index contributed by atoms with van der Waals surface area (Å²) in [5.74, 6) is 1.57. The molecule has 1 aliphatic rings. The van der Waals surface area contributed by atoms with Gasteiger partial charge in [0, 0.05) is 18.5 Å². The maximum absolute atomic E-state index is 11.2. The van der Waals surface area contributed by atoms with Crippen molar-refractivity contribution >= 4 is 5.78 Å². The number of carbonyl (C=O) groups is 1. The highest BCUT2D eigenvalue weighted by atomic mass is 16.1. The summed E-state index contributed by atoms with van der Waals surface area (Å²) < 4.78 is 0. The van der Waals surface area contributed by atoms with E-state index in [1.165, 1.54) is 19.4 Å². The maximum atomic E-state index is 11.2. The number of carbonyl (C=O) groups excluding carboxylic acids is 1. The Morgan fingerprint density at radius 2 is 1.80 bits per heavy atom. The molecule has 1 aliphatic carbocycles. The number of Topliss-reactive ketones (excluding diaryl/α,β-unsaturated/α-hetero) is 1. The van der Waals surface area contributed by atoms with E-state index in [4.69, 9.17) is 0 Å². The molecule has 0 N–H and O–H groups in total. The molecule has 0 unspecified atom stereocenters. The molecule has 0 aliphatic heterocycles. The van der Waals surface area contributed by atoms with Crippen LogP contribution in [-0.2, 0) is 4.79 Å². The van der Waals surface area contributed by atoms with E-state index in [-0.39, 0.29) is 0 Å². The minimum atomic E-state index is 0.366. The van der Waals surface area contributed by atoms with E-state index in [1.54, 1.807) is 6.92 Å². The molecule has 1 fully saturated rings. The summed E-state index contributed by atoms with van der Waals surface area (Å²) in [4.78, 5) is 13.6. The number of nitrogens with zero attached hydrogens (tertiary/aromatic N) is 1. The molecule has 1 saturated carbocycles. The molecule has 0 spiro atoms. The van der Waals surface area contributed by atoms with Crippen LogP contribution in [-0.4, -0.2) is 30.3 Å². The molecule has 0 aromatic rings. The average molecular weight is 211 g/mol. The first-order valence-electron chi connectivity index (χ1n) is 6.21. The standard InChI is InChI=1S/C13H25NO/c1-10(2)14(4)9-12-5-7-13(8-6-12)11(3)15/h10,12-13H,5-9H2,1-4H3. The summed E-state index contributed by atoms with van der Waals surface area (Å²) in [6.45, 7) is 7.41. The van der Waals surface area contributed by atoms with Crippen LogP contribution in [0.4, 0.5) is 0 Å². The van der Waals surface area contributed by atoms with Crippen LogP contribution in [0, 0.1) is 11.8 Å². The van der Waals surface area contributed by atoms with Crippen molar-refractivity contribution < 1.29 is 4.79 Å². The summed E-state index contributed by atoms with van der Waals surface area (Å²) >= 11 is 0. The molecular formula is C13H25NO. The van der Waals surface area contributed by atoms with Crippen LogP contribution in [0.2, 0.25) is 0 Å². The van der Waals surface area contributed by atoms with Gasteiger partial charge < -0.3 is 4.90 Å². The van der Waals surface area contributed by atoms with Gasteiger partial charge >= 0.3 is 0 Å². The Balaban J connectivity index is 2.28. The molecule has 0 saturated heterocycles. The third-order valence-corrected chi connectivity index (χ3v) is 3.85. The van der Waals surface area contributed by atoms with E-state index in [0.29, 0.717) is 17.7 Å². The Kier molecular flexibility index (Phi) is 4.78. The van der Waals surface area contributed by atoms with Crippen molar-refractivity contribution in [3.8, 4) is 0 Å². The fourth-order valence-electron chi connectivity index (χ4n) is 2.37. The summed E-state index contributed by atoms with van der Waals surface area (Å²) in [5.41, 5.74) is 0. The third kappa shape index (κ3) is 3.94. The molecule has 0 heterocycles. The van der Waals surface area contributed by atoms with Crippen molar-refractivity contribution in [3.63, 3.8) is 0 Å². The molecule has 1 rings (SSSR count). The maximum Gasteiger partial charge on any atom is 0.132 e. The van der Waals surface area contributed by atoms with Crippen molar-refractivity contribution in [3.05, 3.63) is 0 Å². The smallest absolute Gasteiger partial charge is 0.132 e. The van der Waals surface area contributed by atoms with Crippen LogP contribution in [0.5, 0.6) is 0 Å². The van der Waals surface area contributed by atoms with Crippen LogP contribution in [0.3, 0.4) is 0 Å². The molecule has 0 amide bonds. The average Bonchev–Trinajstić information content (AvgIpc) is 2.18. The first kappa shape index (κ1) is 12.7. The lowest BCUT2D eigenvalue weighted by atomic mass is 9.80. The van der Waals surface area contributed by atoms with Crippen LogP contribution in [0.1, 0.15) is 46.5 Å². The Labute approximate surface area is 94.0 Å². The van der Waals surface area contributed by atoms with Gasteiger partial charge in [0.05, 0.1) is 0 Å². The van der Waals surface area contributed by atoms with Gasteiger partial charge in [0.1, 0.15) is 5.78 Å². The molecular weight excluding hydrogens is 186 g/mol. The Bertz CT molecular complexity index is 205. The SMILES string of the molecule is CC(=O)C1CCC(CN(C)C(C)C)CC1. The van der Waals surface area contributed by atoms with Crippen molar-refractivity contribution in [1.29, 1.82) is 0 Å². The van der Waals surface area contributed by atoms with E-state index >= 15 is 0 Å². The molecule has 88 valence electrons. The van der Waals surface area contributed by atoms with Crippen LogP contribution < -0.4 is 0 Å². The first-order chi connectivity index (χ1) is 7.00. The number of rotatable bonds is 4. The van der Waals surface area contributed by atoms with Gasteiger partial charge in [-0.3, -0.25) is 4.79 Å². The second-order valence-corrected chi connectivity index (χ2v) is 5.36. The molecule has 0 aromatic heterocycles. The van der Waals surface area contributed by atoms with E-state index < -0.39 is 0 Å². The Hall–Kier alpha value is -0.370. The summed E-state index contributed by atoms with van der Waals surface area (Å²) in [6.07, 6.45) is 4.71. The van der Waals surface area contributed by atoms with Gasteiger partial charge in [-0.25, -0.2) is 0 Å². The normalized spacial score (nSPS) is 27.3. The molecule has 0 aromatic carbocycles. The van der Waals surface area contributed by atoms with E-state index in [1.807, 2.05) is 0 Å². The molecule has 0 atom stereocenters. The second kappa shape index (κ2) is 5.64. The van der Waals surface area contributed by atoms with Gasteiger partial charge in [-0.1, -0.05) is 0 Å². The number of hydrogen-bond donors (Lipinski definition) is 0. The van der Waals surface area contributed by atoms with E-state index in [2.05, 4.69) is 25.8 Å². The van der Waals surface area contributed by atoms with E-state index in [9.17, 15) is 4.79 Å². The monoisotopic (exact) mass is 211 g/mol. The molecule has 0 radical (unpaired) electrons. The third-order valence-electron chi connectivity index (χ3n) is 3.85. The van der Waals surface area contributed by atoms with Crippen molar-refractivity contribution in [2.45, 2.75) is 52.5 Å². The number of hydrogen-bond acceptors (Lipinski definition) is 2. The van der Waals surface area contributed by atoms with Gasteiger partial charge in [0.15, 0.2) is 0 Å². The summed E-state index contributed by atoms with van der Waals surface area (Å²) in [7, 11) is 2.20. The van der Waals surface area contributed by atoms with Gasteiger partial charge in [0.25, 0.3) is 0 Å². The largest absolute Gasteiger partial charge is 0.304 e. The zero-order chi connectivity index (χ0) is 11.4.